The smallest absolute Gasteiger partial charge is 0.414 e. The Morgan fingerprint density at radius 2 is 1.43 bits per heavy atom. The van der Waals surface area contributed by atoms with Gasteiger partial charge in [-0.25, -0.2) is 9.59 Å². The standard InChI is InChI=1S/C21H24N2S.C2H2O4/c1-15(19-14-16-10-12-22(19)13-11-16)23-17-6-2-4-8-20(17)24-21-9-5-3-7-18(21)23;3-1(4)2(5)6/h2-9,15-16,19H,10-14H2,1H3;(H,3,4)(H,5,6). The Morgan fingerprint density at radius 3 is 1.87 bits per heavy atom. The molecular weight excluding hydrogens is 400 g/mol. The van der Waals surface area contributed by atoms with E-state index in [1.54, 1.807) is 0 Å². The van der Waals surface area contributed by atoms with Crippen molar-refractivity contribution < 1.29 is 19.8 Å². The molecular formula is C23H26N2O4S. The van der Waals surface area contributed by atoms with Gasteiger partial charge >= 0.3 is 11.9 Å². The van der Waals surface area contributed by atoms with Gasteiger partial charge in [-0.3, -0.25) is 4.90 Å². The highest BCUT2D eigenvalue weighted by Crippen LogP contribution is 2.50. The van der Waals surface area contributed by atoms with Crippen molar-refractivity contribution in [1.82, 2.24) is 4.90 Å². The van der Waals surface area contributed by atoms with E-state index in [-0.39, 0.29) is 0 Å². The normalized spacial score (nSPS) is 24.7. The zero-order valence-corrected chi connectivity index (χ0v) is 17.7. The quantitative estimate of drug-likeness (QED) is 0.692. The van der Waals surface area contributed by atoms with Crippen LogP contribution in [0.4, 0.5) is 11.4 Å². The van der Waals surface area contributed by atoms with Gasteiger partial charge in [0.25, 0.3) is 0 Å². The Labute approximate surface area is 180 Å². The number of aliphatic carboxylic acids is 2. The third kappa shape index (κ3) is 4.04. The number of carboxylic acids is 2. The first-order valence-corrected chi connectivity index (χ1v) is 11.1. The van der Waals surface area contributed by atoms with E-state index >= 15 is 0 Å². The van der Waals surface area contributed by atoms with Crippen molar-refractivity contribution in [1.29, 1.82) is 0 Å². The van der Waals surface area contributed by atoms with E-state index in [0.717, 1.165) is 5.92 Å². The first-order chi connectivity index (χ1) is 14.5. The molecule has 2 unspecified atom stereocenters. The van der Waals surface area contributed by atoms with Gasteiger partial charge in [0.05, 0.1) is 11.4 Å². The van der Waals surface area contributed by atoms with Crippen LogP contribution in [-0.2, 0) is 9.59 Å². The summed E-state index contributed by atoms with van der Waals surface area (Å²) in [5, 5.41) is 14.8. The number of anilines is 2. The summed E-state index contributed by atoms with van der Waals surface area (Å²) >= 11 is 1.91. The van der Waals surface area contributed by atoms with E-state index < -0.39 is 11.9 Å². The molecule has 0 saturated carbocycles. The Balaban J connectivity index is 0.000000322. The Hall–Kier alpha value is -2.51. The van der Waals surface area contributed by atoms with E-state index in [2.05, 4.69) is 65.3 Å². The first-order valence-electron chi connectivity index (χ1n) is 10.3. The maximum atomic E-state index is 9.10. The Bertz CT molecular complexity index is 885. The van der Waals surface area contributed by atoms with Gasteiger partial charge in [0.15, 0.2) is 0 Å². The highest BCUT2D eigenvalue weighted by atomic mass is 32.2. The first kappa shape index (κ1) is 20.8. The molecule has 2 atom stereocenters. The number of hydrogen-bond acceptors (Lipinski definition) is 5. The zero-order chi connectivity index (χ0) is 21.3. The van der Waals surface area contributed by atoms with Crippen LogP contribution in [0.15, 0.2) is 58.3 Å². The van der Waals surface area contributed by atoms with Gasteiger partial charge in [-0.2, -0.15) is 0 Å². The maximum absolute atomic E-state index is 9.10. The predicted molar refractivity (Wildman–Crippen MR) is 117 cm³/mol. The summed E-state index contributed by atoms with van der Waals surface area (Å²) < 4.78 is 0. The third-order valence-electron chi connectivity index (χ3n) is 6.31. The minimum atomic E-state index is -1.82. The lowest BCUT2D eigenvalue weighted by atomic mass is 9.80. The van der Waals surface area contributed by atoms with Crippen LogP contribution in [0.2, 0.25) is 0 Å². The van der Waals surface area contributed by atoms with Crippen LogP contribution in [0.25, 0.3) is 0 Å². The molecule has 3 fully saturated rings. The molecule has 4 aliphatic heterocycles. The molecule has 6 rings (SSSR count). The predicted octanol–water partition coefficient (Wildman–Crippen LogP) is 4.32. The molecule has 2 N–H and O–H groups in total. The molecule has 0 radical (unpaired) electrons. The molecule has 30 heavy (non-hydrogen) atoms. The van der Waals surface area contributed by atoms with E-state index in [0.29, 0.717) is 12.1 Å². The minimum absolute atomic E-state index is 0.510. The number of benzene rings is 2. The van der Waals surface area contributed by atoms with E-state index in [4.69, 9.17) is 19.8 Å². The highest BCUT2D eigenvalue weighted by molar-refractivity contribution is 7.99. The van der Waals surface area contributed by atoms with E-state index in [1.807, 2.05) is 11.8 Å². The third-order valence-corrected chi connectivity index (χ3v) is 7.44. The summed E-state index contributed by atoms with van der Waals surface area (Å²) in [5.74, 6) is -2.70. The van der Waals surface area contributed by atoms with Gasteiger partial charge in [0.2, 0.25) is 0 Å². The molecule has 2 aromatic carbocycles. The van der Waals surface area contributed by atoms with Crippen molar-refractivity contribution in [3.05, 3.63) is 48.5 Å². The molecule has 7 heteroatoms. The van der Waals surface area contributed by atoms with Crippen molar-refractivity contribution in [3.8, 4) is 0 Å². The summed E-state index contributed by atoms with van der Waals surface area (Å²) in [6.45, 7) is 5.03. The number of nitrogens with zero attached hydrogens (tertiary/aromatic N) is 2. The van der Waals surface area contributed by atoms with Crippen LogP contribution < -0.4 is 4.90 Å². The van der Waals surface area contributed by atoms with Crippen molar-refractivity contribution in [2.24, 2.45) is 5.92 Å². The number of fused-ring (bicyclic) bond motifs is 5. The minimum Gasteiger partial charge on any atom is -0.473 e. The fourth-order valence-electron chi connectivity index (χ4n) is 4.86. The summed E-state index contributed by atoms with van der Waals surface area (Å²) in [6.07, 6.45) is 4.19. The monoisotopic (exact) mass is 426 g/mol. The van der Waals surface area contributed by atoms with Gasteiger partial charge in [0, 0.05) is 21.9 Å². The average Bonchev–Trinajstić information content (AvgIpc) is 2.78. The van der Waals surface area contributed by atoms with Crippen molar-refractivity contribution in [3.63, 3.8) is 0 Å². The van der Waals surface area contributed by atoms with Crippen LogP contribution in [-0.4, -0.2) is 52.2 Å². The summed E-state index contributed by atoms with van der Waals surface area (Å²) in [6, 6.07) is 19.0. The second kappa shape index (κ2) is 8.70. The molecule has 4 aliphatic rings. The zero-order valence-electron chi connectivity index (χ0n) is 16.9. The van der Waals surface area contributed by atoms with Crippen LogP contribution in [0, 0.1) is 5.92 Å². The molecule has 3 saturated heterocycles. The van der Waals surface area contributed by atoms with Crippen molar-refractivity contribution in [2.75, 3.05) is 18.0 Å². The average molecular weight is 427 g/mol. The van der Waals surface area contributed by atoms with Crippen LogP contribution in [0.1, 0.15) is 26.2 Å². The van der Waals surface area contributed by atoms with Crippen LogP contribution in [0.5, 0.6) is 0 Å². The summed E-state index contributed by atoms with van der Waals surface area (Å²) in [7, 11) is 0. The highest BCUT2D eigenvalue weighted by Gasteiger charge is 2.40. The lowest BCUT2D eigenvalue weighted by Gasteiger charge is -2.51. The maximum Gasteiger partial charge on any atom is 0.414 e. The summed E-state index contributed by atoms with van der Waals surface area (Å²) in [5.41, 5.74) is 2.77. The molecule has 0 amide bonds. The second-order valence-electron chi connectivity index (χ2n) is 8.04. The van der Waals surface area contributed by atoms with Gasteiger partial charge in [0.1, 0.15) is 0 Å². The van der Waals surface area contributed by atoms with E-state index in [1.165, 1.54) is 53.5 Å². The Morgan fingerprint density at radius 1 is 0.933 bits per heavy atom. The lowest BCUT2D eigenvalue weighted by molar-refractivity contribution is -0.159. The van der Waals surface area contributed by atoms with Gasteiger partial charge in [-0.05, 0) is 69.5 Å². The molecule has 2 bridgehead atoms. The molecule has 158 valence electrons. The Kier molecular flexibility index (Phi) is 6.01. The van der Waals surface area contributed by atoms with Crippen LogP contribution in [0.3, 0.4) is 0 Å². The molecule has 0 spiro atoms. The van der Waals surface area contributed by atoms with E-state index in [9.17, 15) is 0 Å². The fourth-order valence-corrected chi connectivity index (χ4v) is 5.93. The van der Waals surface area contributed by atoms with Crippen LogP contribution >= 0.6 is 11.8 Å². The fraction of sp³-hybridized carbons (Fsp3) is 0.391. The topological polar surface area (TPSA) is 81.1 Å². The SMILES string of the molecule is CC(C1CC2CCN1CC2)N1c2ccccc2Sc2ccccc21.O=C(O)C(=O)O. The lowest BCUT2D eigenvalue weighted by Crippen LogP contribution is -2.57. The number of carbonyl (C=O) groups is 2. The number of piperidine rings is 3. The van der Waals surface area contributed by atoms with Gasteiger partial charge < -0.3 is 15.1 Å². The molecule has 2 aromatic rings. The molecule has 0 aromatic heterocycles. The second-order valence-corrected chi connectivity index (χ2v) is 9.12. The number of carboxylic acid groups (broad SMARTS) is 2. The molecule has 0 aliphatic carbocycles. The molecule has 6 nitrogen and oxygen atoms in total. The van der Waals surface area contributed by atoms with Gasteiger partial charge in [-0.15, -0.1) is 0 Å². The molecule has 4 heterocycles. The van der Waals surface area contributed by atoms with Gasteiger partial charge in [-0.1, -0.05) is 36.0 Å². The number of para-hydroxylation sites is 2. The number of rotatable bonds is 2. The van der Waals surface area contributed by atoms with Crippen molar-refractivity contribution >= 4 is 35.1 Å². The summed E-state index contributed by atoms with van der Waals surface area (Å²) in [4.78, 5) is 26.3. The van der Waals surface area contributed by atoms with Crippen molar-refractivity contribution in [2.45, 2.75) is 48.1 Å². The number of hydrogen-bond donors (Lipinski definition) is 2. The largest absolute Gasteiger partial charge is 0.473 e.